The standard InChI is InChI=1S/C14H19NO3/c1-2-15(8-12-6-4-3-5-7-12)9-14(13(16)17)10-18-11-14/h3-7H,2,8-11H2,1H3,(H,16,17). The first-order valence-electron chi connectivity index (χ1n) is 6.24. The van der Waals surface area contributed by atoms with E-state index in [2.05, 4.69) is 24.0 Å². The van der Waals surface area contributed by atoms with Crippen molar-refractivity contribution < 1.29 is 14.6 Å². The van der Waals surface area contributed by atoms with Gasteiger partial charge < -0.3 is 9.84 Å². The highest BCUT2D eigenvalue weighted by atomic mass is 16.5. The van der Waals surface area contributed by atoms with Gasteiger partial charge in [0, 0.05) is 13.1 Å². The molecule has 0 aliphatic carbocycles. The summed E-state index contributed by atoms with van der Waals surface area (Å²) in [5.41, 5.74) is 0.505. The quantitative estimate of drug-likeness (QED) is 0.832. The highest BCUT2D eigenvalue weighted by Gasteiger charge is 2.47. The minimum Gasteiger partial charge on any atom is -0.481 e. The van der Waals surface area contributed by atoms with Crippen molar-refractivity contribution in [1.29, 1.82) is 0 Å². The molecule has 0 atom stereocenters. The topological polar surface area (TPSA) is 49.8 Å². The van der Waals surface area contributed by atoms with E-state index in [1.165, 1.54) is 5.56 Å². The van der Waals surface area contributed by atoms with E-state index in [4.69, 9.17) is 4.74 Å². The number of hydrogen-bond acceptors (Lipinski definition) is 3. The van der Waals surface area contributed by atoms with Crippen molar-refractivity contribution >= 4 is 5.97 Å². The molecule has 1 aromatic rings. The fourth-order valence-electron chi connectivity index (χ4n) is 2.18. The fourth-order valence-corrected chi connectivity index (χ4v) is 2.18. The van der Waals surface area contributed by atoms with Crippen molar-refractivity contribution in [3.05, 3.63) is 35.9 Å². The number of carbonyl (C=O) groups is 1. The van der Waals surface area contributed by atoms with Gasteiger partial charge in [0.25, 0.3) is 0 Å². The SMILES string of the molecule is CCN(Cc1ccccc1)CC1(C(=O)O)COC1. The normalized spacial score (nSPS) is 17.4. The molecule has 0 amide bonds. The summed E-state index contributed by atoms with van der Waals surface area (Å²) in [5, 5.41) is 9.29. The molecule has 0 aromatic heterocycles. The Morgan fingerprint density at radius 3 is 2.50 bits per heavy atom. The third kappa shape index (κ3) is 2.71. The van der Waals surface area contributed by atoms with Crippen LogP contribution in [0.25, 0.3) is 0 Å². The van der Waals surface area contributed by atoms with Crippen LogP contribution in [0.3, 0.4) is 0 Å². The summed E-state index contributed by atoms with van der Waals surface area (Å²) in [5.74, 6) is -0.750. The Morgan fingerprint density at radius 1 is 1.39 bits per heavy atom. The summed E-state index contributed by atoms with van der Waals surface area (Å²) >= 11 is 0. The molecule has 1 heterocycles. The molecule has 2 rings (SSSR count). The van der Waals surface area contributed by atoms with E-state index in [1.54, 1.807) is 0 Å². The molecule has 18 heavy (non-hydrogen) atoms. The van der Waals surface area contributed by atoms with Crippen LogP contribution >= 0.6 is 0 Å². The van der Waals surface area contributed by atoms with Crippen molar-refractivity contribution in [2.24, 2.45) is 5.41 Å². The van der Waals surface area contributed by atoms with E-state index in [1.807, 2.05) is 18.2 Å². The monoisotopic (exact) mass is 249 g/mol. The molecule has 1 fully saturated rings. The van der Waals surface area contributed by atoms with Gasteiger partial charge in [-0.25, -0.2) is 0 Å². The zero-order valence-corrected chi connectivity index (χ0v) is 10.6. The Labute approximate surface area is 107 Å². The zero-order chi connectivity index (χ0) is 13.0. The van der Waals surface area contributed by atoms with Crippen LogP contribution < -0.4 is 0 Å². The van der Waals surface area contributed by atoms with Gasteiger partial charge >= 0.3 is 5.97 Å². The van der Waals surface area contributed by atoms with Crippen molar-refractivity contribution in [2.45, 2.75) is 13.5 Å². The minimum absolute atomic E-state index is 0.327. The number of carboxylic acid groups (broad SMARTS) is 1. The van der Waals surface area contributed by atoms with Gasteiger partial charge in [0.1, 0.15) is 5.41 Å². The third-order valence-corrected chi connectivity index (χ3v) is 3.43. The van der Waals surface area contributed by atoms with E-state index in [0.717, 1.165) is 13.1 Å². The van der Waals surface area contributed by atoms with Crippen molar-refractivity contribution in [2.75, 3.05) is 26.3 Å². The second-order valence-electron chi connectivity index (χ2n) is 4.87. The molecule has 4 nitrogen and oxygen atoms in total. The largest absolute Gasteiger partial charge is 0.481 e. The molecule has 98 valence electrons. The van der Waals surface area contributed by atoms with Gasteiger partial charge in [-0.15, -0.1) is 0 Å². The van der Waals surface area contributed by atoms with Crippen LogP contribution in [0.4, 0.5) is 0 Å². The number of aliphatic carboxylic acids is 1. The molecule has 0 unspecified atom stereocenters. The number of nitrogens with zero attached hydrogens (tertiary/aromatic N) is 1. The molecule has 1 aliphatic heterocycles. The fraction of sp³-hybridized carbons (Fsp3) is 0.500. The number of rotatable bonds is 6. The average molecular weight is 249 g/mol. The van der Waals surface area contributed by atoms with Gasteiger partial charge in [0.2, 0.25) is 0 Å². The first-order chi connectivity index (χ1) is 8.66. The Morgan fingerprint density at radius 2 is 2.06 bits per heavy atom. The van der Waals surface area contributed by atoms with E-state index < -0.39 is 11.4 Å². The Kier molecular flexibility index (Phi) is 3.99. The number of ether oxygens (including phenoxy) is 1. The maximum Gasteiger partial charge on any atom is 0.315 e. The minimum atomic E-state index is -0.750. The van der Waals surface area contributed by atoms with Gasteiger partial charge in [0.05, 0.1) is 13.2 Å². The van der Waals surface area contributed by atoms with Crippen LogP contribution in [0.1, 0.15) is 12.5 Å². The molecular formula is C14H19NO3. The van der Waals surface area contributed by atoms with E-state index in [-0.39, 0.29) is 0 Å². The van der Waals surface area contributed by atoms with Gasteiger partial charge in [0.15, 0.2) is 0 Å². The number of carboxylic acids is 1. The summed E-state index contributed by atoms with van der Waals surface area (Å²) in [6, 6.07) is 10.1. The van der Waals surface area contributed by atoms with Gasteiger partial charge in [-0.3, -0.25) is 9.69 Å². The third-order valence-electron chi connectivity index (χ3n) is 3.43. The van der Waals surface area contributed by atoms with Gasteiger partial charge in [-0.1, -0.05) is 37.3 Å². The predicted octanol–water partition coefficient (Wildman–Crippen LogP) is 1.61. The molecule has 0 radical (unpaired) electrons. The second kappa shape index (κ2) is 5.50. The molecule has 1 aromatic carbocycles. The Balaban J connectivity index is 1.99. The van der Waals surface area contributed by atoms with E-state index >= 15 is 0 Å². The first-order valence-corrected chi connectivity index (χ1v) is 6.24. The lowest BCUT2D eigenvalue weighted by Crippen LogP contribution is -2.55. The summed E-state index contributed by atoms with van der Waals surface area (Å²) < 4.78 is 5.09. The highest BCUT2D eigenvalue weighted by molar-refractivity contribution is 5.76. The first kappa shape index (κ1) is 13.1. The maximum absolute atomic E-state index is 11.3. The average Bonchev–Trinajstić information content (AvgIpc) is 2.33. The molecule has 1 saturated heterocycles. The molecule has 1 N–H and O–H groups in total. The summed E-state index contributed by atoms with van der Waals surface area (Å²) in [6.45, 7) is 4.88. The Hall–Kier alpha value is -1.39. The molecule has 0 bridgehead atoms. The molecular weight excluding hydrogens is 230 g/mol. The lowest BCUT2D eigenvalue weighted by molar-refractivity contribution is -0.183. The highest BCUT2D eigenvalue weighted by Crippen LogP contribution is 2.29. The van der Waals surface area contributed by atoms with E-state index in [0.29, 0.717) is 19.8 Å². The lowest BCUT2D eigenvalue weighted by Gasteiger charge is -2.40. The van der Waals surface area contributed by atoms with E-state index in [9.17, 15) is 9.90 Å². The second-order valence-corrected chi connectivity index (χ2v) is 4.87. The van der Waals surface area contributed by atoms with Crippen molar-refractivity contribution in [1.82, 2.24) is 4.90 Å². The number of hydrogen-bond donors (Lipinski definition) is 1. The van der Waals surface area contributed by atoms with Crippen LogP contribution in [-0.2, 0) is 16.1 Å². The smallest absolute Gasteiger partial charge is 0.315 e. The molecule has 1 aliphatic rings. The lowest BCUT2D eigenvalue weighted by atomic mass is 9.85. The van der Waals surface area contributed by atoms with Crippen LogP contribution in [0, 0.1) is 5.41 Å². The maximum atomic E-state index is 11.3. The molecule has 0 saturated carbocycles. The van der Waals surface area contributed by atoms with Crippen LogP contribution in [0.5, 0.6) is 0 Å². The molecule has 4 heteroatoms. The van der Waals surface area contributed by atoms with Crippen LogP contribution in [0.15, 0.2) is 30.3 Å². The van der Waals surface area contributed by atoms with Crippen LogP contribution in [0.2, 0.25) is 0 Å². The summed E-state index contributed by atoms with van der Waals surface area (Å²) in [4.78, 5) is 13.5. The van der Waals surface area contributed by atoms with Crippen molar-refractivity contribution in [3.8, 4) is 0 Å². The van der Waals surface area contributed by atoms with Crippen molar-refractivity contribution in [3.63, 3.8) is 0 Å². The zero-order valence-electron chi connectivity index (χ0n) is 10.6. The summed E-state index contributed by atoms with van der Waals surface area (Å²) in [7, 11) is 0. The molecule has 0 spiro atoms. The summed E-state index contributed by atoms with van der Waals surface area (Å²) in [6.07, 6.45) is 0. The van der Waals surface area contributed by atoms with Crippen LogP contribution in [-0.4, -0.2) is 42.3 Å². The Bertz CT molecular complexity index is 401. The number of benzene rings is 1. The van der Waals surface area contributed by atoms with Gasteiger partial charge in [-0.05, 0) is 12.1 Å². The van der Waals surface area contributed by atoms with Gasteiger partial charge in [-0.2, -0.15) is 0 Å². The predicted molar refractivity (Wildman–Crippen MR) is 68.3 cm³/mol.